The molecule has 1 heterocycles. The van der Waals surface area contributed by atoms with Crippen LogP contribution in [0.4, 0.5) is 17.6 Å². The molecule has 0 N–H and O–H groups in total. The average Bonchev–Trinajstić information content (AvgIpc) is 3.03. The standard InChI is InChI=1S/C20H23F4NO4S/c1-11(5-12(2)26)8-27-14-6-13(7-14)9-28-16-4-3-15-18(17(16)21)30-19(25-15)29-10-20(22,23)24/h3-4,11,13-14H,5-10H2,1-2H3/t11-,13?,14?/m1/s1. The number of alkyl halides is 3. The Labute approximate surface area is 175 Å². The number of fused-ring (bicyclic) bond motifs is 1. The number of halogens is 4. The van der Waals surface area contributed by atoms with E-state index in [1.165, 1.54) is 12.1 Å². The van der Waals surface area contributed by atoms with Gasteiger partial charge >= 0.3 is 6.18 Å². The number of hydrogen-bond donors (Lipinski definition) is 0. The second kappa shape index (κ2) is 9.47. The largest absolute Gasteiger partial charge is 0.490 e. The van der Waals surface area contributed by atoms with Crippen molar-refractivity contribution in [3.05, 3.63) is 17.9 Å². The zero-order chi connectivity index (χ0) is 21.9. The maximum absolute atomic E-state index is 14.6. The van der Waals surface area contributed by atoms with E-state index in [1.54, 1.807) is 6.92 Å². The van der Waals surface area contributed by atoms with E-state index in [4.69, 9.17) is 9.47 Å². The highest BCUT2D eigenvalue weighted by atomic mass is 32.1. The van der Waals surface area contributed by atoms with Crippen LogP contribution < -0.4 is 9.47 Å². The highest BCUT2D eigenvalue weighted by Gasteiger charge is 2.31. The van der Waals surface area contributed by atoms with Crippen molar-refractivity contribution in [1.29, 1.82) is 0 Å². The van der Waals surface area contributed by atoms with Crippen molar-refractivity contribution >= 4 is 27.3 Å². The lowest BCUT2D eigenvalue weighted by atomic mass is 9.83. The molecule has 166 valence electrons. The van der Waals surface area contributed by atoms with E-state index < -0.39 is 18.6 Å². The van der Waals surface area contributed by atoms with Crippen molar-refractivity contribution in [3.8, 4) is 10.9 Å². The number of thiazole rings is 1. The summed E-state index contributed by atoms with van der Waals surface area (Å²) >= 11 is 0.714. The van der Waals surface area contributed by atoms with Crippen LogP contribution in [0, 0.1) is 17.7 Å². The maximum Gasteiger partial charge on any atom is 0.422 e. The first kappa shape index (κ1) is 22.7. The minimum absolute atomic E-state index is 0.0352. The minimum atomic E-state index is -4.49. The second-order valence-corrected chi connectivity index (χ2v) is 8.69. The molecular weight excluding hydrogens is 426 g/mol. The monoisotopic (exact) mass is 449 g/mol. The summed E-state index contributed by atoms with van der Waals surface area (Å²) in [5.41, 5.74) is 0.221. The minimum Gasteiger partial charge on any atom is -0.490 e. The third-order valence-electron chi connectivity index (χ3n) is 4.72. The lowest BCUT2D eigenvalue weighted by Gasteiger charge is -2.35. The molecule has 1 saturated carbocycles. The average molecular weight is 449 g/mol. The summed E-state index contributed by atoms with van der Waals surface area (Å²) in [6, 6.07) is 2.91. The molecular formula is C20H23F4NO4S. The lowest BCUT2D eigenvalue weighted by Crippen LogP contribution is -2.36. The molecule has 1 aliphatic carbocycles. The van der Waals surface area contributed by atoms with Crippen LogP contribution in [0.25, 0.3) is 10.2 Å². The summed E-state index contributed by atoms with van der Waals surface area (Å²) in [6.45, 7) is 2.91. The SMILES string of the molecule is CC(=O)C[C@@H](C)COC1CC(COc2ccc3nc(OCC(F)(F)F)sc3c2F)C1. The van der Waals surface area contributed by atoms with Crippen molar-refractivity contribution < 1.29 is 36.6 Å². The third kappa shape index (κ3) is 6.28. The Morgan fingerprint density at radius 1 is 1.30 bits per heavy atom. The molecule has 2 aromatic rings. The van der Waals surface area contributed by atoms with Crippen LogP contribution in [0.2, 0.25) is 0 Å². The van der Waals surface area contributed by atoms with Gasteiger partial charge in [-0.3, -0.25) is 0 Å². The van der Waals surface area contributed by atoms with Crippen LogP contribution in [0.3, 0.4) is 0 Å². The van der Waals surface area contributed by atoms with Crippen molar-refractivity contribution in [2.75, 3.05) is 19.8 Å². The number of benzene rings is 1. The Morgan fingerprint density at radius 2 is 2.03 bits per heavy atom. The highest BCUT2D eigenvalue weighted by molar-refractivity contribution is 7.20. The lowest BCUT2D eigenvalue weighted by molar-refractivity contribution is -0.153. The fourth-order valence-electron chi connectivity index (χ4n) is 3.24. The summed E-state index contributed by atoms with van der Waals surface area (Å²) in [6.07, 6.45) is -2.27. The molecule has 10 heteroatoms. The van der Waals surface area contributed by atoms with E-state index in [1.807, 2.05) is 6.92 Å². The van der Waals surface area contributed by atoms with E-state index in [2.05, 4.69) is 9.72 Å². The van der Waals surface area contributed by atoms with Crippen molar-refractivity contribution in [2.45, 2.75) is 45.4 Å². The number of carbonyl (C=O) groups is 1. The van der Waals surface area contributed by atoms with Crippen LogP contribution in [0.1, 0.15) is 33.1 Å². The molecule has 0 radical (unpaired) electrons. The third-order valence-corrected chi connectivity index (χ3v) is 5.70. The van der Waals surface area contributed by atoms with Gasteiger partial charge in [0.1, 0.15) is 5.78 Å². The first-order chi connectivity index (χ1) is 14.1. The number of rotatable bonds is 10. The molecule has 5 nitrogen and oxygen atoms in total. The fraction of sp³-hybridized carbons (Fsp3) is 0.600. The van der Waals surface area contributed by atoms with Crippen molar-refractivity contribution in [1.82, 2.24) is 4.98 Å². The smallest absolute Gasteiger partial charge is 0.422 e. The molecule has 1 aliphatic rings. The van der Waals surface area contributed by atoms with Crippen LogP contribution in [-0.4, -0.2) is 42.9 Å². The molecule has 1 aromatic heterocycles. The molecule has 0 saturated heterocycles. The number of hydrogen-bond acceptors (Lipinski definition) is 6. The van der Waals surface area contributed by atoms with Crippen molar-refractivity contribution in [3.63, 3.8) is 0 Å². The Balaban J connectivity index is 1.46. The van der Waals surface area contributed by atoms with Gasteiger partial charge in [-0.2, -0.15) is 13.2 Å². The van der Waals surface area contributed by atoms with Crippen LogP contribution >= 0.6 is 11.3 Å². The zero-order valence-corrected chi connectivity index (χ0v) is 17.4. The van der Waals surface area contributed by atoms with E-state index in [0.29, 0.717) is 31.0 Å². The summed E-state index contributed by atoms with van der Waals surface area (Å²) in [7, 11) is 0. The molecule has 0 bridgehead atoms. The van der Waals surface area contributed by atoms with Crippen LogP contribution in [-0.2, 0) is 9.53 Å². The Kier molecular flexibility index (Phi) is 7.18. The number of ether oxygens (including phenoxy) is 3. The predicted molar refractivity (Wildman–Crippen MR) is 104 cm³/mol. The van der Waals surface area contributed by atoms with Gasteiger partial charge in [-0.25, -0.2) is 9.37 Å². The zero-order valence-electron chi connectivity index (χ0n) is 16.6. The van der Waals surface area contributed by atoms with Gasteiger partial charge in [-0.1, -0.05) is 18.3 Å². The summed E-state index contributed by atoms with van der Waals surface area (Å²) < 4.78 is 67.4. The summed E-state index contributed by atoms with van der Waals surface area (Å²) in [4.78, 5) is 14.9. The molecule has 3 rings (SSSR count). The number of aromatic nitrogens is 1. The summed E-state index contributed by atoms with van der Waals surface area (Å²) in [5, 5.41) is -0.239. The predicted octanol–water partition coefficient (Wildman–Crippen LogP) is 5.17. The van der Waals surface area contributed by atoms with E-state index in [0.717, 1.165) is 12.8 Å². The molecule has 1 atom stereocenters. The number of ketones is 1. The Morgan fingerprint density at radius 3 is 2.70 bits per heavy atom. The van der Waals surface area contributed by atoms with Gasteiger partial charge in [0.15, 0.2) is 18.2 Å². The van der Waals surface area contributed by atoms with Crippen LogP contribution in [0.5, 0.6) is 10.9 Å². The van der Waals surface area contributed by atoms with Gasteiger partial charge < -0.3 is 19.0 Å². The van der Waals surface area contributed by atoms with E-state index >= 15 is 0 Å². The molecule has 1 fully saturated rings. The Hall–Kier alpha value is -1.94. The fourth-order valence-corrected chi connectivity index (χ4v) is 4.09. The van der Waals surface area contributed by atoms with Gasteiger partial charge in [0.2, 0.25) is 0 Å². The van der Waals surface area contributed by atoms with Crippen LogP contribution in [0.15, 0.2) is 12.1 Å². The quantitative estimate of drug-likeness (QED) is 0.469. The molecule has 30 heavy (non-hydrogen) atoms. The molecule has 0 unspecified atom stereocenters. The second-order valence-electron chi connectivity index (χ2n) is 7.72. The van der Waals surface area contributed by atoms with Gasteiger partial charge in [0.05, 0.1) is 22.9 Å². The normalized spacial score (nSPS) is 20.1. The van der Waals surface area contributed by atoms with Gasteiger partial charge in [-0.05, 0) is 43.7 Å². The topological polar surface area (TPSA) is 57.7 Å². The van der Waals surface area contributed by atoms with E-state index in [-0.39, 0.29) is 44.9 Å². The van der Waals surface area contributed by atoms with E-state index in [9.17, 15) is 22.4 Å². The molecule has 0 spiro atoms. The van der Waals surface area contributed by atoms with Gasteiger partial charge in [-0.15, -0.1) is 0 Å². The highest BCUT2D eigenvalue weighted by Crippen LogP contribution is 2.36. The number of nitrogens with zero attached hydrogens (tertiary/aromatic N) is 1. The molecule has 1 aromatic carbocycles. The maximum atomic E-state index is 14.6. The molecule has 0 aliphatic heterocycles. The first-order valence-electron chi connectivity index (χ1n) is 9.63. The number of carbonyl (C=O) groups excluding carboxylic acids is 1. The first-order valence-corrected chi connectivity index (χ1v) is 10.4. The Bertz CT molecular complexity index is 880. The van der Waals surface area contributed by atoms with Gasteiger partial charge in [0.25, 0.3) is 5.19 Å². The molecule has 0 amide bonds. The van der Waals surface area contributed by atoms with Crippen molar-refractivity contribution in [2.24, 2.45) is 11.8 Å². The summed E-state index contributed by atoms with van der Waals surface area (Å²) in [5.74, 6) is -0.0571. The van der Waals surface area contributed by atoms with Gasteiger partial charge in [0, 0.05) is 13.0 Å². The number of Topliss-reactive ketones (excluding diaryl/α,β-unsaturated/α-hetero) is 1.